The number of Topliss-reactive ketones (excluding diaryl/α,β-unsaturated/α-hetero) is 2. The Hall–Kier alpha value is -7.62. The molecule has 0 bridgehead atoms. The summed E-state index contributed by atoms with van der Waals surface area (Å²) < 4.78 is 10.8. The number of cyclic esters (lactones) is 1. The maximum absolute atomic E-state index is 12.5. The third-order valence-corrected chi connectivity index (χ3v) is 15.8. The summed E-state index contributed by atoms with van der Waals surface area (Å²) in [6.07, 6.45) is 21.8. The van der Waals surface area contributed by atoms with Crippen molar-refractivity contribution in [2.24, 2.45) is 5.73 Å². The molecule has 1 spiro atoms. The van der Waals surface area contributed by atoms with Gasteiger partial charge in [0.2, 0.25) is 0 Å². The van der Waals surface area contributed by atoms with Gasteiger partial charge in [-0.05, 0) is 108 Å². The number of aryl methyl sites for hydroxylation is 3. The van der Waals surface area contributed by atoms with Gasteiger partial charge in [0.25, 0.3) is 0 Å². The van der Waals surface area contributed by atoms with E-state index in [0.29, 0.717) is 37.6 Å². The Morgan fingerprint density at radius 2 is 1.16 bits per heavy atom. The van der Waals surface area contributed by atoms with Crippen molar-refractivity contribution < 1.29 is 39.0 Å². The zero-order valence-electron chi connectivity index (χ0n) is 45.0. The van der Waals surface area contributed by atoms with E-state index in [1.54, 1.807) is 12.1 Å². The number of nitrogens with one attached hydrogen (secondary N) is 2. The van der Waals surface area contributed by atoms with Crippen LogP contribution in [0.4, 0.5) is 4.79 Å². The second-order valence-corrected chi connectivity index (χ2v) is 21.5. The maximum Gasteiger partial charge on any atom is 0.569 e. The third-order valence-electron chi connectivity index (χ3n) is 14.8. The molecule has 82 heavy (non-hydrogen) atoms. The highest BCUT2D eigenvalue weighted by Crippen LogP contribution is 2.38. The average Bonchev–Trinajstić information content (AvgIpc) is 4.08. The van der Waals surface area contributed by atoms with Crippen molar-refractivity contribution >= 4 is 52.9 Å². The number of carbonyl (C=O) groups excluding carboxylic acids is 3. The highest BCUT2D eigenvalue weighted by molar-refractivity contribution is 9.10. The zero-order chi connectivity index (χ0) is 57.8. The van der Waals surface area contributed by atoms with Gasteiger partial charge in [0.1, 0.15) is 31.3 Å². The molecule has 421 valence electrons. The van der Waals surface area contributed by atoms with Gasteiger partial charge in [-0.3, -0.25) is 9.59 Å². The molecule has 3 aliphatic carbocycles. The number of alkyl carbamates (subject to hydrolysis) is 1. The van der Waals surface area contributed by atoms with Crippen LogP contribution in [0.25, 0.3) is 22.3 Å². The number of benzene rings is 5. The molecule has 0 saturated carbocycles. The van der Waals surface area contributed by atoms with Crippen molar-refractivity contribution in [2.45, 2.75) is 74.4 Å². The number of fused-ring (bicyclic) bond motifs is 3. The number of aliphatic hydroxyl groups excluding tert-OH is 2. The van der Waals surface area contributed by atoms with Crippen molar-refractivity contribution in [1.29, 1.82) is 0 Å². The number of ketones is 2. The number of ether oxygens (including phenoxy) is 1. The Morgan fingerprint density at radius 1 is 0.646 bits per heavy atom. The highest BCUT2D eigenvalue weighted by atomic mass is 79.9. The molecule has 20 heteroatoms. The number of rotatable bonds is 12. The van der Waals surface area contributed by atoms with E-state index in [4.69, 9.17) is 27.1 Å². The lowest BCUT2D eigenvalue weighted by molar-refractivity contribution is 0.0942. The number of hydrogen-bond acceptors (Lipinski definition) is 16. The van der Waals surface area contributed by atoms with Crippen LogP contribution in [-0.2, 0) is 43.3 Å². The van der Waals surface area contributed by atoms with Crippen molar-refractivity contribution in [3.05, 3.63) is 220 Å². The van der Waals surface area contributed by atoms with E-state index in [-0.39, 0.29) is 48.8 Å². The topological polar surface area (TPSA) is 258 Å². The summed E-state index contributed by atoms with van der Waals surface area (Å²) in [5, 5.41) is 33.9. The highest BCUT2D eigenvalue weighted by Gasteiger charge is 2.43. The largest absolute Gasteiger partial charge is 0.569 e. The van der Waals surface area contributed by atoms with Crippen LogP contribution in [0.1, 0.15) is 73.4 Å². The fraction of sp³-hybridized carbons (Fsp3) is 0.274. The SMILES string of the molecule is NC1(CO)CCc2cccc(Br)c2C1.O=C(CCl)c1ccccc1.O=C(CNC1(CO)CCc2cccc(-c3cncnc3)c2C1)c1ccccc1.O=C1NC2(CCc3cccc(-c4cncnc4)c3C2)CO1.O[B]Oc1cncnc1. The van der Waals surface area contributed by atoms with Crippen LogP contribution in [0.5, 0.6) is 5.75 Å². The van der Waals surface area contributed by atoms with Gasteiger partial charge in [-0.25, -0.2) is 34.7 Å². The molecular weight excluding hydrogens is 1120 g/mol. The van der Waals surface area contributed by atoms with Gasteiger partial charge >= 0.3 is 13.8 Å². The minimum atomic E-state index is -0.511. The van der Waals surface area contributed by atoms with E-state index in [1.807, 2.05) is 85.5 Å². The summed E-state index contributed by atoms with van der Waals surface area (Å²) in [6, 6.07) is 37.1. The molecule has 3 aromatic heterocycles. The van der Waals surface area contributed by atoms with Crippen molar-refractivity contribution in [3.8, 4) is 28.0 Å². The summed E-state index contributed by atoms with van der Waals surface area (Å²) in [5.41, 5.74) is 18.2. The number of aliphatic hydroxyl groups is 2. The molecule has 4 heterocycles. The number of alkyl halides is 1. The van der Waals surface area contributed by atoms with Gasteiger partial charge < -0.3 is 41.0 Å². The molecule has 1 radical (unpaired) electrons. The van der Waals surface area contributed by atoms with Gasteiger partial charge in [-0.1, -0.05) is 125 Å². The van der Waals surface area contributed by atoms with Gasteiger partial charge in [0.05, 0.1) is 43.6 Å². The molecule has 4 aliphatic rings. The van der Waals surface area contributed by atoms with Crippen molar-refractivity contribution in [2.75, 3.05) is 32.2 Å². The van der Waals surface area contributed by atoms with Crippen LogP contribution >= 0.6 is 27.5 Å². The van der Waals surface area contributed by atoms with Gasteiger partial charge in [0, 0.05) is 62.6 Å². The lowest BCUT2D eigenvalue weighted by Gasteiger charge is -2.38. The van der Waals surface area contributed by atoms with Crippen LogP contribution in [0, 0.1) is 0 Å². The molecule has 3 unspecified atom stereocenters. The van der Waals surface area contributed by atoms with Crippen LogP contribution in [-0.4, -0.2) is 119 Å². The van der Waals surface area contributed by atoms with Crippen molar-refractivity contribution in [1.82, 2.24) is 40.5 Å². The molecule has 1 amide bonds. The molecule has 1 saturated heterocycles. The molecule has 1 aliphatic heterocycles. The Labute approximate surface area is 490 Å². The molecule has 12 rings (SSSR count). The van der Waals surface area contributed by atoms with E-state index in [2.05, 4.69) is 104 Å². The normalized spacial score (nSPS) is 18.8. The summed E-state index contributed by atoms with van der Waals surface area (Å²) in [7, 11) is 0.582. The van der Waals surface area contributed by atoms with E-state index in [1.165, 1.54) is 64.8 Å². The van der Waals surface area contributed by atoms with Crippen LogP contribution < -0.4 is 21.0 Å². The second-order valence-electron chi connectivity index (χ2n) is 20.4. The number of nitrogens with zero attached hydrogens (tertiary/aromatic N) is 6. The molecular formula is C62H63BBrClN9O8. The predicted molar refractivity (Wildman–Crippen MR) is 317 cm³/mol. The first-order chi connectivity index (χ1) is 39.9. The molecule has 1 fully saturated rings. The van der Waals surface area contributed by atoms with Gasteiger partial charge in [-0.15, -0.1) is 11.6 Å². The molecule has 5 aromatic carbocycles. The maximum atomic E-state index is 12.5. The molecule has 3 atom stereocenters. The molecule has 7 N–H and O–H groups in total. The average molecular weight is 1190 g/mol. The Morgan fingerprint density at radius 3 is 1.68 bits per heavy atom. The third kappa shape index (κ3) is 16.1. The number of nitrogens with two attached hydrogens (primary N) is 1. The first kappa shape index (κ1) is 60.5. The lowest BCUT2D eigenvalue weighted by Crippen LogP contribution is -2.54. The molecule has 17 nitrogen and oxygen atoms in total. The van der Waals surface area contributed by atoms with E-state index in [9.17, 15) is 24.6 Å². The summed E-state index contributed by atoms with van der Waals surface area (Å²) in [5.74, 6) is 0.482. The standard InChI is InChI=1S/C23H23N3O2.C16H15N3O2.C11H14BrNO.C8H7ClO.C4H4BN2O2/c27-15-23(26-14-22(28)18-5-2-1-3-6-18)10-9-17-7-4-8-20(21(17)11-23)19-12-24-16-25-13-19;20-15-19-16(9-21-15)5-4-11-2-1-3-13(14(11)6-16)12-7-17-10-18-8-12;12-10-3-1-2-8-4-5-11(13,7-14)6-9(8)10;9-6-8(10)7-4-2-1-3-5-7;8-5-9-4-1-6-3-7-2-4/h1-8,12-13,16,26-27H,9-11,14-15H2;1-3,7-8,10H,4-6,9H2,(H,19,20);1-3,14H,4-7,13H2;1-5H,6H2;1-3,8H. The number of amides is 1. The first-order valence-electron chi connectivity index (χ1n) is 26.7. The van der Waals surface area contributed by atoms with Crippen LogP contribution in [0.2, 0.25) is 0 Å². The van der Waals surface area contributed by atoms with Gasteiger partial charge in [0.15, 0.2) is 11.6 Å². The molecule has 8 aromatic rings. The zero-order valence-corrected chi connectivity index (χ0v) is 47.4. The monoisotopic (exact) mass is 1190 g/mol. The fourth-order valence-corrected chi connectivity index (χ4v) is 11.0. The quantitative estimate of drug-likeness (QED) is 0.0384. The first-order valence-corrected chi connectivity index (χ1v) is 28.0. The number of aromatic nitrogens is 6. The van der Waals surface area contributed by atoms with E-state index in [0.717, 1.165) is 78.1 Å². The van der Waals surface area contributed by atoms with Gasteiger partial charge in [-0.2, -0.15) is 0 Å². The summed E-state index contributed by atoms with van der Waals surface area (Å²) >= 11 is 8.86. The van der Waals surface area contributed by atoms with Crippen LogP contribution in [0.3, 0.4) is 0 Å². The Bertz CT molecular complexity index is 3370. The van der Waals surface area contributed by atoms with E-state index >= 15 is 0 Å². The Balaban J connectivity index is 0.000000143. The number of halogens is 2. The summed E-state index contributed by atoms with van der Waals surface area (Å²) in [6.45, 7) is 0.698. The fourth-order valence-electron chi connectivity index (χ4n) is 10.3. The predicted octanol–water partition coefficient (Wildman–Crippen LogP) is 8.06. The van der Waals surface area contributed by atoms with E-state index < -0.39 is 11.1 Å². The minimum Gasteiger partial charge on any atom is -0.535 e. The smallest absolute Gasteiger partial charge is 0.535 e. The summed E-state index contributed by atoms with van der Waals surface area (Å²) in [4.78, 5) is 58.6. The van der Waals surface area contributed by atoms with Crippen LogP contribution in [0.15, 0.2) is 176 Å². The number of carbonyl (C=O) groups is 3. The second kappa shape index (κ2) is 29.4. The Kier molecular flexibility index (Phi) is 21.7. The minimum absolute atomic E-state index is 0.0197. The number of hydrogen-bond donors (Lipinski definition) is 6. The lowest BCUT2D eigenvalue weighted by atomic mass is 9.76. The van der Waals surface area contributed by atoms with Crippen molar-refractivity contribution in [3.63, 3.8) is 0 Å².